The van der Waals surface area contributed by atoms with Crippen LogP contribution in [0.4, 0.5) is 5.69 Å². The first-order valence-corrected chi connectivity index (χ1v) is 13.0. The third-order valence-electron chi connectivity index (χ3n) is 7.37. The second kappa shape index (κ2) is 10.2. The van der Waals surface area contributed by atoms with Gasteiger partial charge in [0.05, 0.1) is 17.6 Å². The topological polar surface area (TPSA) is 47.4 Å². The van der Waals surface area contributed by atoms with E-state index in [4.69, 9.17) is 9.72 Å². The highest BCUT2D eigenvalue weighted by Gasteiger charge is 2.35. The summed E-state index contributed by atoms with van der Waals surface area (Å²) in [6.07, 6.45) is 1.34. The number of hydrogen-bond donors (Lipinski definition) is 0. The largest absolute Gasteiger partial charge is 0.493 e. The van der Waals surface area contributed by atoms with Crippen LogP contribution in [-0.2, 0) is 11.3 Å². The van der Waals surface area contributed by atoms with Crippen molar-refractivity contribution >= 4 is 22.6 Å². The van der Waals surface area contributed by atoms with Gasteiger partial charge in [-0.25, -0.2) is 4.98 Å². The van der Waals surface area contributed by atoms with Gasteiger partial charge in [0.15, 0.2) is 0 Å². The molecule has 4 aromatic rings. The lowest BCUT2D eigenvalue weighted by Crippen LogP contribution is -2.25. The molecule has 1 aliphatic heterocycles. The smallest absolute Gasteiger partial charge is 0.227 e. The van der Waals surface area contributed by atoms with Crippen LogP contribution in [0.3, 0.4) is 0 Å². The predicted molar refractivity (Wildman–Crippen MR) is 146 cm³/mol. The van der Waals surface area contributed by atoms with E-state index in [1.807, 2.05) is 23.1 Å². The van der Waals surface area contributed by atoms with Gasteiger partial charge in [0.25, 0.3) is 0 Å². The average Bonchev–Trinajstić information content (AvgIpc) is 3.44. The standard InChI is InChI=1S/C31H35N3O2/c1-21(2)25-12-5-8-16-29(25)36-18-10-17-33-28-14-7-6-13-26(28)32-31(33)24-19-30(35)34(20-24)27-15-9-11-22(3)23(27)4/h5-9,11-16,21,24H,10,17-20H2,1-4H3. The summed E-state index contributed by atoms with van der Waals surface area (Å²) < 4.78 is 8.50. The molecule has 5 nitrogen and oxygen atoms in total. The molecule has 0 N–H and O–H groups in total. The number of nitrogens with zero attached hydrogens (tertiary/aromatic N) is 3. The highest BCUT2D eigenvalue weighted by Crippen LogP contribution is 2.35. The van der Waals surface area contributed by atoms with Crippen molar-refractivity contribution in [1.82, 2.24) is 9.55 Å². The molecule has 0 spiro atoms. The third kappa shape index (κ3) is 4.62. The van der Waals surface area contributed by atoms with Crippen molar-refractivity contribution in [2.45, 2.75) is 58.9 Å². The number of anilines is 1. The molecule has 1 aliphatic rings. The third-order valence-corrected chi connectivity index (χ3v) is 7.37. The normalized spacial score (nSPS) is 15.9. The zero-order valence-electron chi connectivity index (χ0n) is 21.7. The van der Waals surface area contributed by atoms with E-state index in [0.29, 0.717) is 25.5 Å². The quantitative estimate of drug-likeness (QED) is 0.261. The van der Waals surface area contributed by atoms with E-state index in [0.717, 1.165) is 41.3 Å². The fourth-order valence-electron chi connectivity index (χ4n) is 5.28. The van der Waals surface area contributed by atoms with E-state index < -0.39 is 0 Å². The molecule has 2 heterocycles. The summed E-state index contributed by atoms with van der Waals surface area (Å²) in [5, 5.41) is 0. The molecule has 1 atom stereocenters. The number of fused-ring (bicyclic) bond motifs is 1. The van der Waals surface area contributed by atoms with E-state index in [2.05, 4.69) is 80.8 Å². The number of hydrogen-bond acceptors (Lipinski definition) is 3. The van der Waals surface area contributed by atoms with Gasteiger partial charge in [-0.05, 0) is 67.1 Å². The second-order valence-corrected chi connectivity index (χ2v) is 10.1. The molecule has 0 aliphatic carbocycles. The van der Waals surface area contributed by atoms with Gasteiger partial charge in [-0.15, -0.1) is 0 Å². The lowest BCUT2D eigenvalue weighted by Gasteiger charge is -2.20. The number of aromatic nitrogens is 2. The van der Waals surface area contributed by atoms with E-state index in [1.165, 1.54) is 16.7 Å². The minimum absolute atomic E-state index is 0.0624. The van der Waals surface area contributed by atoms with E-state index >= 15 is 0 Å². The molecule has 5 rings (SSSR count). The van der Waals surface area contributed by atoms with Crippen LogP contribution in [0.15, 0.2) is 66.7 Å². The van der Waals surface area contributed by atoms with Gasteiger partial charge < -0.3 is 14.2 Å². The Balaban J connectivity index is 1.36. The van der Waals surface area contributed by atoms with Gasteiger partial charge in [0.1, 0.15) is 11.6 Å². The van der Waals surface area contributed by atoms with Crippen LogP contribution in [-0.4, -0.2) is 28.6 Å². The molecular weight excluding hydrogens is 446 g/mol. The van der Waals surface area contributed by atoms with Gasteiger partial charge in [-0.2, -0.15) is 0 Å². The Morgan fingerprint density at radius 3 is 2.61 bits per heavy atom. The summed E-state index contributed by atoms with van der Waals surface area (Å²) in [7, 11) is 0. The minimum Gasteiger partial charge on any atom is -0.493 e. The van der Waals surface area contributed by atoms with Crippen LogP contribution < -0.4 is 9.64 Å². The summed E-state index contributed by atoms with van der Waals surface area (Å²) >= 11 is 0. The summed E-state index contributed by atoms with van der Waals surface area (Å²) in [4.78, 5) is 20.1. The Morgan fingerprint density at radius 1 is 1.00 bits per heavy atom. The van der Waals surface area contributed by atoms with Crippen molar-refractivity contribution in [3.05, 3.63) is 89.2 Å². The summed E-state index contributed by atoms with van der Waals surface area (Å²) in [5.74, 6) is 2.62. The number of ether oxygens (including phenoxy) is 1. The highest BCUT2D eigenvalue weighted by atomic mass is 16.5. The Kier molecular flexibility index (Phi) is 6.82. The number of benzene rings is 3. The van der Waals surface area contributed by atoms with Gasteiger partial charge in [0.2, 0.25) is 5.91 Å². The van der Waals surface area contributed by atoms with Crippen molar-refractivity contribution < 1.29 is 9.53 Å². The summed E-state index contributed by atoms with van der Waals surface area (Å²) in [5.41, 5.74) is 6.72. The van der Waals surface area contributed by atoms with E-state index in [-0.39, 0.29) is 11.8 Å². The highest BCUT2D eigenvalue weighted by molar-refractivity contribution is 5.97. The van der Waals surface area contributed by atoms with Crippen LogP contribution in [0.2, 0.25) is 0 Å². The summed E-state index contributed by atoms with van der Waals surface area (Å²) in [6.45, 7) is 10.7. The number of imidazole rings is 1. The zero-order valence-corrected chi connectivity index (χ0v) is 21.7. The fraction of sp³-hybridized carbons (Fsp3) is 0.355. The molecule has 36 heavy (non-hydrogen) atoms. The Bertz CT molecular complexity index is 1390. The first-order chi connectivity index (χ1) is 17.4. The van der Waals surface area contributed by atoms with Crippen LogP contribution in [0.5, 0.6) is 5.75 Å². The maximum atomic E-state index is 13.1. The predicted octanol–water partition coefficient (Wildman–Crippen LogP) is 6.77. The lowest BCUT2D eigenvalue weighted by molar-refractivity contribution is -0.117. The first-order valence-electron chi connectivity index (χ1n) is 13.0. The van der Waals surface area contributed by atoms with Crippen LogP contribution in [0.1, 0.15) is 61.0 Å². The van der Waals surface area contributed by atoms with Crippen LogP contribution >= 0.6 is 0 Å². The number of carbonyl (C=O) groups is 1. The maximum Gasteiger partial charge on any atom is 0.227 e. The number of carbonyl (C=O) groups excluding carboxylic acids is 1. The van der Waals surface area contributed by atoms with E-state index in [1.54, 1.807) is 0 Å². The molecule has 1 aromatic heterocycles. The number of aryl methyl sites for hydroxylation is 2. The molecule has 5 heteroatoms. The molecule has 1 amide bonds. The molecule has 1 fully saturated rings. The van der Waals surface area contributed by atoms with Crippen molar-refractivity contribution in [3.8, 4) is 5.75 Å². The van der Waals surface area contributed by atoms with Crippen LogP contribution in [0.25, 0.3) is 11.0 Å². The van der Waals surface area contributed by atoms with Gasteiger partial charge >= 0.3 is 0 Å². The van der Waals surface area contributed by atoms with Crippen molar-refractivity contribution in [1.29, 1.82) is 0 Å². The molecule has 3 aromatic carbocycles. The first kappa shape index (κ1) is 24.1. The van der Waals surface area contributed by atoms with Crippen molar-refractivity contribution in [3.63, 3.8) is 0 Å². The Hall–Kier alpha value is -3.60. The molecule has 1 saturated heterocycles. The van der Waals surface area contributed by atoms with Gasteiger partial charge in [-0.3, -0.25) is 4.79 Å². The number of para-hydroxylation sites is 3. The number of rotatable bonds is 8. The fourth-order valence-corrected chi connectivity index (χ4v) is 5.28. The monoisotopic (exact) mass is 481 g/mol. The van der Waals surface area contributed by atoms with Crippen molar-refractivity contribution in [2.75, 3.05) is 18.1 Å². The van der Waals surface area contributed by atoms with E-state index in [9.17, 15) is 4.79 Å². The molecule has 0 radical (unpaired) electrons. The lowest BCUT2D eigenvalue weighted by atomic mass is 10.0. The van der Waals surface area contributed by atoms with Crippen LogP contribution in [0, 0.1) is 13.8 Å². The Labute approximate surface area is 213 Å². The molecule has 0 bridgehead atoms. The average molecular weight is 482 g/mol. The molecule has 0 saturated carbocycles. The number of amides is 1. The zero-order chi connectivity index (χ0) is 25.2. The Morgan fingerprint density at radius 2 is 1.78 bits per heavy atom. The summed E-state index contributed by atoms with van der Waals surface area (Å²) in [6, 6.07) is 22.7. The minimum atomic E-state index is 0.0624. The maximum absolute atomic E-state index is 13.1. The van der Waals surface area contributed by atoms with Gasteiger partial charge in [-0.1, -0.05) is 56.3 Å². The SMILES string of the molecule is Cc1cccc(N2CC(c3nc4ccccc4n3CCCOc3ccccc3C(C)C)CC2=O)c1C. The van der Waals surface area contributed by atoms with Crippen molar-refractivity contribution in [2.24, 2.45) is 0 Å². The molecule has 1 unspecified atom stereocenters. The molecule has 186 valence electrons. The molecular formula is C31H35N3O2. The second-order valence-electron chi connectivity index (χ2n) is 10.1. The van der Waals surface area contributed by atoms with Gasteiger partial charge in [0, 0.05) is 31.1 Å².